The van der Waals surface area contributed by atoms with Crippen LogP contribution in [-0.4, -0.2) is 26.7 Å². The predicted octanol–water partition coefficient (Wildman–Crippen LogP) is 3.53. The van der Waals surface area contributed by atoms with Crippen molar-refractivity contribution in [3.05, 3.63) is 87.0 Å². The lowest BCUT2D eigenvalue weighted by Crippen LogP contribution is -2.21. The molecule has 1 aliphatic rings. The summed E-state index contributed by atoms with van der Waals surface area (Å²) >= 11 is 0. The second-order valence-corrected chi connectivity index (χ2v) is 6.18. The van der Waals surface area contributed by atoms with Gasteiger partial charge >= 0.3 is 0 Å². The van der Waals surface area contributed by atoms with E-state index in [1.807, 2.05) is 6.07 Å². The van der Waals surface area contributed by atoms with E-state index in [4.69, 9.17) is 0 Å². The zero-order chi connectivity index (χ0) is 20.0. The van der Waals surface area contributed by atoms with Crippen LogP contribution in [0.2, 0.25) is 0 Å². The molecule has 4 rings (SSSR count). The van der Waals surface area contributed by atoms with Crippen molar-refractivity contribution in [2.24, 2.45) is 0 Å². The molecule has 0 atom stereocenters. The Morgan fingerprint density at radius 1 is 0.857 bits per heavy atom. The van der Waals surface area contributed by atoms with Crippen molar-refractivity contribution in [3.8, 4) is 11.5 Å². The largest absolute Gasteiger partial charge is 0.507 e. The summed E-state index contributed by atoms with van der Waals surface area (Å²) in [6, 6.07) is 13.4. The number of nitro benzene ring substituents is 1. The van der Waals surface area contributed by atoms with E-state index in [1.54, 1.807) is 24.3 Å². The van der Waals surface area contributed by atoms with Crippen LogP contribution >= 0.6 is 0 Å². The molecule has 8 nitrogen and oxygen atoms in total. The Bertz CT molecular complexity index is 1170. The highest BCUT2D eigenvalue weighted by atomic mass is 16.6. The molecule has 3 aromatic carbocycles. The molecular formula is C20H12N2O6. The van der Waals surface area contributed by atoms with Crippen molar-refractivity contribution in [2.45, 2.75) is 0 Å². The van der Waals surface area contributed by atoms with Crippen molar-refractivity contribution in [1.82, 2.24) is 0 Å². The highest BCUT2D eigenvalue weighted by molar-refractivity contribution is 6.30. The van der Waals surface area contributed by atoms with E-state index in [0.717, 1.165) is 12.1 Å². The molecule has 1 aliphatic carbocycles. The van der Waals surface area contributed by atoms with Crippen LogP contribution < -0.4 is 5.32 Å². The number of para-hydroxylation sites is 1. The number of nitrogens with one attached hydrogen (secondary N) is 1. The van der Waals surface area contributed by atoms with E-state index < -0.39 is 33.7 Å². The van der Waals surface area contributed by atoms with Crippen molar-refractivity contribution in [3.63, 3.8) is 0 Å². The van der Waals surface area contributed by atoms with E-state index >= 15 is 0 Å². The van der Waals surface area contributed by atoms with Gasteiger partial charge in [0, 0.05) is 22.9 Å². The zero-order valence-electron chi connectivity index (χ0n) is 14.2. The first kappa shape index (κ1) is 17.2. The van der Waals surface area contributed by atoms with Crippen LogP contribution in [0.15, 0.2) is 54.6 Å². The summed E-state index contributed by atoms with van der Waals surface area (Å²) in [5.41, 5.74) is -0.664. The van der Waals surface area contributed by atoms with Crippen molar-refractivity contribution in [2.75, 3.05) is 5.32 Å². The summed E-state index contributed by atoms with van der Waals surface area (Å²) in [6.07, 6.45) is 0. The molecule has 0 spiro atoms. The Morgan fingerprint density at radius 3 is 2.21 bits per heavy atom. The van der Waals surface area contributed by atoms with Gasteiger partial charge in [-0.15, -0.1) is 0 Å². The van der Waals surface area contributed by atoms with E-state index in [2.05, 4.69) is 5.32 Å². The lowest BCUT2D eigenvalue weighted by molar-refractivity contribution is -0.385. The Kier molecular flexibility index (Phi) is 3.82. The summed E-state index contributed by atoms with van der Waals surface area (Å²) in [7, 11) is 0. The van der Waals surface area contributed by atoms with Gasteiger partial charge in [0.15, 0.2) is 17.3 Å². The number of hydrogen-bond acceptors (Lipinski definition) is 7. The monoisotopic (exact) mass is 376 g/mol. The molecule has 0 aliphatic heterocycles. The average Bonchev–Trinajstić information content (AvgIpc) is 2.67. The lowest BCUT2D eigenvalue weighted by atomic mass is 9.82. The minimum atomic E-state index is -0.780. The van der Waals surface area contributed by atoms with E-state index in [0.29, 0.717) is 5.69 Å². The summed E-state index contributed by atoms with van der Waals surface area (Å²) in [5.74, 6) is -2.58. The maximum Gasteiger partial charge on any atom is 0.273 e. The van der Waals surface area contributed by atoms with Gasteiger partial charge in [-0.25, -0.2) is 0 Å². The molecule has 0 saturated carbocycles. The highest BCUT2D eigenvalue weighted by Crippen LogP contribution is 2.41. The summed E-state index contributed by atoms with van der Waals surface area (Å²) in [6.45, 7) is 0. The average molecular weight is 376 g/mol. The normalized spacial score (nSPS) is 12.3. The maximum absolute atomic E-state index is 12.9. The zero-order valence-corrected chi connectivity index (χ0v) is 14.2. The van der Waals surface area contributed by atoms with Gasteiger partial charge in [-0.3, -0.25) is 19.7 Å². The van der Waals surface area contributed by atoms with Crippen LogP contribution in [-0.2, 0) is 0 Å². The highest BCUT2D eigenvalue weighted by Gasteiger charge is 2.36. The number of rotatable bonds is 3. The summed E-state index contributed by atoms with van der Waals surface area (Å²) in [4.78, 5) is 36.0. The molecule has 3 aromatic rings. The SMILES string of the molecule is O=C1c2ccc(Nc3ccccc3)c(O)c2C(=O)c2cc([N+](=O)[O-])cc(O)c21. The van der Waals surface area contributed by atoms with Crippen LogP contribution in [0.1, 0.15) is 31.8 Å². The van der Waals surface area contributed by atoms with Crippen molar-refractivity contribution < 1.29 is 24.7 Å². The topological polar surface area (TPSA) is 130 Å². The van der Waals surface area contributed by atoms with E-state index in [9.17, 15) is 29.9 Å². The van der Waals surface area contributed by atoms with Crippen molar-refractivity contribution in [1.29, 1.82) is 0 Å². The minimum Gasteiger partial charge on any atom is -0.507 e. The second kappa shape index (κ2) is 6.20. The number of anilines is 2. The number of carbonyl (C=O) groups excluding carboxylic acids is 2. The van der Waals surface area contributed by atoms with Gasteiger partial charge in [0.2, 0.25) is 0 Å². The smallest absolute Gasteiger partial charge is 0.273 e. The summed E-state index contributed by atoms with van der Waals surface area (Å²) in [5, 5.41) is 34.7. The molecule has 0 radical (unpaired) electrons. The van der Waals surface area contributed by atoms with Crippen LogP contribution in [0.25, 0.3) is 0 Å². The molecule has 138 valence electrons. The van der Waals surface area contributed by atoms with Crippen molar-refractivity contribution >= 4 is 28.6 Å². The van der Waals surface area contributed by atoms with Gasteiger partial charge in [0.25, 0.3) is 5.69 Å². The minimum absolute atomic E-state index is 0.0854. The number of non-ortho nitro benzene ring substituents is 1. The van der Waals surface area contributed by atoms with Gasteiger partial charge in [0.1, 0.15) is 5.75 Å². The van der Waals surface area contributed by atoms with E-state index in [1.165, 1.54) is 12.1 Å². The number of phenols is 2. The fourth-order valence-corrected chi connectivity index (χ4v) is 3.19. The van der Waals surface area contributed by atoms with E-state index in [-0.39, 0.29) is 27.9 Å². The van der Waals surface area contributed by atoms with Crippen LogP contribution in [0.4, 0.5) is 17.1 Å². The number of nitrogens with zero attached hydrogens (tertiary/aromatic N) is 1. The van der Waals surface area contributed by atoms with Crippen LogP contribution in [0.5, 0.6) is 11.5 Å². The molecule has 0 amide bonds. The Balaban J connectivity index is 1.87. The van der Waals surface area contributed by atoms with Crippen LogP contribution in [0.3, 0.4) is 0 Å². The fourth-order valence-electron chi connectivity index (χ4n) is 3.19. The lowest BCUT2D eigenvalue weighted by Gasteiger charge is -2.20. The first-order valence-corrected chi connectivity index (χ1v) is 8.17. The van der Waals surface area contributed by atoms with Gasteiger partial charge in [-0.2, -0.15) is 0 Å². The number of nitro groups is 1. The first-order valence-electron chi connectivity index (χ1n) is 8.17. The third-order valence-electron chi connectivity index (χ3n) is 4.49. The predicted molar refractivity (Wildman–Crippen MR) is 99.5 cm³/mol. The molecule has 0 aromatic heterocycles. The molecule has 28 heavy (non-hydrogen) atoms. The first-order chi connectivity index (χ1) is 13.4. The van der Waals surface area contributed by atoms with Gasteiger partial charge < -0.3 is 15.5 Å². The second-order valence-electron chi connectivity index (χ2n) is 6.18. The molecule has 0 heterocycles. The van der Waals surface area contributed by atoms with Crippen LogP contribution in [0, 0.1) is 10.1 Å². The molecule has 0 unspecified atom stereocenters. The Labute approximate surface area is 157 Å². The Hall–Kier alpha value is -4.20. The standard InChI is InChI=1S/C20H12N2O6/c23-15-9-11(22(27)28)8-13-16(15)18(24)12-6-7-14(20(26)17(12)19(13)25)21-10-4-2-1-3-5-10/h1-9,21,23,26H. The Morgan fingerprint density at radius 2 is 1.54 bits per heavy atom. The molecule has 3 N–H and O–H groups in total. The number of phenolic OH excluding ortho intramolecular Hbond substituents is 2. The molecule has 8 heteroatoms. The van der Waals surface area contributed by atoms with Gasteiger partial charge in [0.05, 0.1) is 27.8 Å². The number of fused-ring (bicyclic) bond motifs is 2. The number of hydrogen-bond donors (Lipinski definition) is 3. The van der Waals surface area contributed by atoms with Gasteiger partial charge in [-0.1, -0.05) is 18.2 Å². The number of benzene rings is 3. The molecule has 0 bridgehead atoms. The fraction of sp³-hybridized carbons (Fsp3) is 0. The number of ketones is 2. The third-order valence-corrected chi connectivity index (χ3v) is 4.49. The number of carbonyl (C=O) groups is 2. The number of aromatic hydroxyl groups is 2. The van der Waals surface area contributed by atoms with Gasteiger partial charge in [-0.05, 0) is 24.3 Å². The quantitative estimate of drug-likeness (QED) is 0.283. The third kappa shape index (κ3) is 2.55. The molecular weight excluding hydrogens is 364 g/mol. The maximum atomic E-state index is 12.9. The molecule has 0 saturated heterocycles. The molecule has 0 fully saturated rings. The summed E-state index contributed by atoms with van der Waals surface area (Å²) < 4.78 is 0.